The Labute approximate surface area is 142 Å². The zero-order valence-electron chi connectivity index (χ0n) is 14.5. The quantitative estimate of drug-likeness (QED) is 0.801. The first-order valence-electron chi connectivity index (χ1n) is 7.80. The Kier molecular flexibility index (Phi) is 5.02. The Morgan fingerprint density at radius 3 is 2.42 bits per heavy atom. The van der Waals surface area contributed by atoms with E-state index in [0.29, 0.717) is 11.4 Å². The molecule has 5 nitrogen and oxygen atoms in total. The van der Waals surface area contributed by atoms with Gasteiger partial charge in [-0.3, -0.25) is 4.90 Å². The summed E-state index contributed by atoms with van der Waals surface area (Å²) in [5.41, 5.74) is 7.87. The van der Waals surface area contributed by atoms with Gasteiger partial charge in [-0.25, -0.2) is 4.79 Å². The number of aryl methyl sites for hydroxylation is 1. The molecular formula is C19H24N2O3. The smallest absolute Gasteiger partial charge is 0.408 e. The molecule has 0 fully saturated rings. The average Bonchev–Trinajstić information content (AvgIpc) is 2.46. The normalized spacial score (nSPS) is 11.2. The zero-order valence-corrected chi connectivity index (χ0v) is 14.5. The topological polar surface area (TPSA) is 75.8 Å². The van der Waals surface area contributed by atoms with E-state index in [1.807, 2.05) is 52.0 Å². The van der Waals surface area contributed by atoms with Crippen molar-refractivity contribution >= 4 is 11.8 Å². The van der Waals surface area contributed by atoms with E-state index in [2.05, 4.69) is 0 Å². The number of carbonyl (C=O) groups is 1. The summed E-state index contributed by atoms with van der Waals surface area (Å²) in [5.74, 6) is 1.36. The molecule has 0 aliphatic carbocycles. The molecule has 0 saturated carbocycles. The van der Waals surface area contributed by atoms with Crippen LogP contribution in [-0.4, -0.2) is 21.6 Å². The summed E-state index contributed by atoms with van der Waals surface area (Å²) in [6, 6.07) is 13.0. The van der Waals surface area contributed by atoms with Crippen LogP contribution in [0, 0.1) is 6.92 Å². The third kappa shape index (κ3) is 4.41. The second-order valence-electron chi connectivity index (χ2n) is 6.82. The number of hydrogen-bond donors (Lipinski definition) is 2. The highest BCUT2D eigenvalue weighted by Crippen LogP contribution is 2.28. The Balaban J connectivity index is 2.26. The van der Waals surface area contributed by atoms with Gasteiger partial charge in [0.15, 0.2) is 0 Å². The Bertz CT molecular complexity index is 736. The molecule has 0 aliphatic rings. The van der Waals surface area contributed by atoms with Crippen molar-refractivity contribution in [2.45, 2.75) is 39.8 Å². The summed E-state index contributed by atoms with van der Waals surface area (Å²) in [6.45, 7) is 7.75. The lowest BCUT2D eigenvalue weighted by Crippen LogP contribution is -2.44. The molecule has 1 amide bonds. The lowest BCUT2D eigenvalue weighted by atomic mass is 10.0. The van der Waals surface area contributed by atoms with E-state index in [1.54, 1.807) is 18.2 Å². The van der Waals surface area contributed by atoms with Crippen molar-refractivity contribution in [1.82, 2.24) is 4.90 Å². The van der Waals surface area contributed by atoms with Crippen LogP contribution in [0.25, 0.3) is 0 Å². The molecule has 2 aromatic carbocycles. The molecule has 0 bridgehead atoms. The van der Waals surface area contributed by atoms with Gasteiger partial charge in [-0.2, -0.15) is 0 Å². The number of nitrogen functional groups attached to an aromatic ring is 1. The van der Waals surface area contributed by atoms with Crippen LogP contribution in [0.5, 0.6) is 11.5 Å². The largest absolute Gasteiger partial charge is 0.465 e. The summed E-state index contributed by atoms with van der Waals surface area (Å²) in [6.07, 6.45) is -0.980. The first kappa shape index (κ1) is 17.7. The Hall–Kier alpha value is -2.69. The lowest BCUT2D eigenvalue weighted by Gasteiger charge is -2.33. The number of ether oxygens (including phenoxy) is 1. The Morgan fingerprint density at radius 2 is 1.83 bits per heavy atom. The van der Waals surface area contributed by atoms with Gasteiger partial charge in [-0.1, -0.05) is 12.1 Å². The van der Waals surface area contributed by atoms with Gasteiger partial charge in [0, 0.05) is 11.2 Å². The van der Waals surface area contributed by atoms with Gasteiger partial charge in [-0.15, -0.1) is 0 Å². The zero-order chi connectivity index (χ0) is 17.9. The van der Waals surface area contributed by atoms with Crippen molar-refractivity contribution in [1.29, 1.82) is 0 Å². The summed E-state index contributed by atoms with van der Waals surface area (Å²) < 4.78 is 5.86. The molecule has 0 aromatic heterocycles. The summed E-state index contributed by atoms with van der Waals surface area (Å²) >= 11 is 0. The fourth-order valence-electron chi connectivity index (χ4n) is 2.36. The van der Waals surface area contributed by atoms with E-state index >= 15 is 0 Å². The first-order chi connectivity index (χ1) is 11.2. The second-order valence-corrected chi connectivity index (χ2v) is 6.82. The van der Waals surface area contributed by atoms with E-state index in [-0.39, 0.29) is 6.54 Å². The van der Waals surface area contributed by atoms with Crippen LogP contribution in [0.15, 0.2) is 42.5 Å². The minimum Gasteiger partial charge on any atom is -0.465 e. The molecule has 0 unspecified atom stereocenters. The maximum atomic E-state index is 11.5. The van der Waals surface area contributed by atoms with Gasteiger partial charge in [0.25, 0.3) is 0 Å². The number of rotatable bonds is 4. The molecule has 0 aliphatic heterocycles. The van der Waals surface area contributed by atoms with Gasteiger partial charge in [0.05, 0.1) is 6.54 Å². The molecule has 24 heavy (non-hydrogen) atoms. The van der Waals surface area contributed by atoms with Crippen LogP contribution in [0.2, 0.25) is 0 Å². The fourth-order valence-corrected chi connectivity index (χ4v) is 2.36. The van der Waals surface area contributed by atoms with Gasteiger partial charge in [0.1, 0.15) is 11.5 Å². The fraction of sp³-hybridized carbons (Fsp3) is 0.316. The number of anilines is 1. The number of nitrogens with zero attached hydrogens (tertiary/aromatic N) is 1. The maximum absolute atomic E-state index is 11.5. The molecule has 0 spiro atoms. The van der Waals surface area contributed by atoms with E-state index in [0.717, 1.165) is 16.9 Å². The third-order valence-electron chi connectivity index (χ3n) is 3.71. The summed E-state index contributed by atoms with van der Waals surface area (Å²) in [7, 11) is 0. The van der Waals surface area contributed by atoms with Crippen LogP contribution in [0.1, 0.15) is 31.9 Å². The van der Waals surface area contributed by atoms with Gasteiger partial charge >= 0.3 is 6.09 Å². The molecule has 128 valence electrons. The number of hydrogen-bond acceptors (Lipinski definition) is 3. The predicted molar refractivity (Wildman–Crippen MR) is 95.4 cm³/mol. The highest BCUT2D eigenvalue weighted by atomic mass is 16.5. The monoisotopic (exact) mass is 328 g/mol. The van der Waals surface area contributed by atoms with Gasteiger partial charge in [-0.05, 0) is 69.2 Å². The minimum atomic E-state index is -0.980. The second kappa shape index (κ2) is 6.83. The molecule has 0 atom stereocenters. The first-order valence-corrected chi connectivity index (χ1v) is 7.80. The van der Waals surface area contributed by atoms with Crippen molar-refractivity contribution in [3.63, 3.8) is 0 Å². The van der Waals surface area contributed by atoms with Crippen molar-refractivity contribution < 1.29 is 14.6 Å². The molecule has 0 radical (unpaired) electrons. The van der Waals surface area contributed by atoms with E-state index in [4.69, 9.17) is 10.5 Å². The van der Waals surface area contributed by atoms with E-state index in [1.165, 1.54) is 4.90 Å². The molecule has 0 heterocycles. The van der Waals surface area contributed by atoms with E-state index in [9.17, 15) is 9.90 Å². The highest BCUT2D eigenvalue weighted by Gasteiger charge is 2.26. The van der Waals surface area contributed by atoms with Crippen LogP contribution >= 0.6 is 0 Å². The number of carboxylic acid groups (broad SMARTS) is 1. The van der Waals surface area contributed by atoms with Crippen LogP contribution in [-0.2, 0) is 6.54 Å². The predicted octanol–water partition coefficient (Wildman–Crippen LogP) is 4.65. The molecule has 3 N–H and O–H groups in total. The average molecular weight is 328 g/mol. The summed E-state index contributed by atoms with van der Waals surface area (Å²) in [5, 5.41) is 9.45. The highest BCUT2D eigenvalue weighted by molar-refractivity contribution is 5.66. The van der Waals surface area contributed by atoms with Crippen molar-refractivity contribution in [2.75, 3.05) is 5.73 Å². The van der Waals surface area contributed by atoms with Gasteiger partial charge in [0.2, 0.25) is 0 Å². The number of benzene rings is 2. The molecule has 0 saturated heterocycles. The standard InChI is InChI=1S/C19H24N2O3/c1-13-6-5-7-15(10-13)24-16-8-9-17(20)14(11-16)12-21(18(22)23)19(2,3)4/h5-11H,12,20H2,1-4H3,(H,22,23). The molecular weight excluding hydrogens is 304 g/mol. The minimum absolute atomic E-state index is 0.204. The van der Waals surface area contributed by atoms with Crippen molar-refractivity contribution in [3.8, 4) is 11.5 Å². The van der Waals surface area contributed by atoms with E-state index < -0.39 is 11.6 Å². The molecule has 2 aromatic rings. The molecule has 2 rings (SSSR count). The maximum Gasteiger partial charge on any atom is 0.408 e. The molecule has 5 heteroatoms. The van der Waals surface area contributed by atoms with Crippen LogP contribution < -0.4 is 10.5 Å². The van der Waals surface area contributed by atoms with Crippen molar-refractivity contribution in [3.05, 3.63) is 53.6 Å². The van der Waals surface area contributed by atoms with Crippen LogP contribution in [0.3, 0.4) is 0 Å². The number of nitrogens with two attached hydrogens (primary N) is 1. The SMILES string of the molecule is Cc1cccc(Oc2ccc(N)c(CN(C(=O)O)C(C)(C)C)c2)c1. The number of amides is 1. The lowest BCUT2D eigenvalue weighted by molar-refractivity contribution is 0.0956. The Morgan fingerprint density at radius 1 is 1.17 bits per heavy atom. The third-order valence-corrected chi connectivity index (χ3v) is 3.71. The van der Waals surface area contributed by atoms with Crippen LogP contribution in [0.4, 0.5) is 10.5 Å². The van der Waals surface area contributed by atoms with Crippen molar-refractivity contribution in [2.24, 2.45) is 0 Å². The van der Waals surface area contributed by atoms with Gasteiger partial charge < -0.3 is 15.6 Å². The summed E-state index contributed by atoms with van der Waals surface area (Å²) in [4.78, 5) is 12.9.